The van der Waals surface area contributed by atoms with E-state index >= 15 is 0 Å². The molecule has 0 spiro atoms. The van der Waals surface area contributed by atoms with Crippen LogP contribution in [0.25, 0.3) is 5.70 Å². The van der Waals surface area contributed by atoms with E-state index in [1.165, 1.54) is 18.7 Å². The number of hydrogen-bond donors (Lipinski definition) is 1. The van der Waals surface area contributed by atoms with Crippen LogP contribution in [0, 0.1) is 10.1 Å². The molecule has 0 unspecified atom stereocenters. The third kappa shape index (κ3) is 4.09. The quantitative estimate of drug-likeness (QED) is 0.667. The van der Waals surface area contributed by atoms with Crippen LogP contribution >= 0.6 is 11.8 Å². The van der Waals surface area contributed by atoms with Gasteiger partial charge in [-0.05, 0) is 5.56 Å². The molecule has 1 heterocycles. The average Bonchev–Trinajstić information content (AvgIpc) is 2.82. The van der Waals surface area contributed by atoms with Crippen molar-refractivity contribution in [3.05, 3.63) is 62.6 Å². The molecule has 0 aliphatic carbocycles. The highest BCUT2D eigenvalue weighted by molar-refractivity contribution is 8.06. The van der Waals surface area contributed by atoms with E-state index in [0.29, 0.717) is 18.1 Å². The summed E-state index contributed by atoms with van der Waals surface area (Å²) in [5.74, 6) is -0.119. The van der Waals surface area contributed by atoms with Crippen molar-refractivity contribution in [2.45, 2.75) is 6.92 Å². The van der Waals surface area contributed by atoms with Gasteiger partial charge in [0.25, 0.3) is 6.20 Å². The minimum atomic E-state index is -0.463. The van der Waals surface area contributed by atoms with Gasteiger partial charge in [-0.1, -0.05) is 42.1 Å². The zero-order valence-corrected chi connectivity index (χ0v) is 12.3. The van der Waals surface area contributed by atoms with Gasteiger partial charge in [-0.15, -0.1) is 0 Å². The molecule has 1 aromatic rings. The van der Waals surface area contributed by atoms with Crippen LogP contribution in [0.3, 0.4) is 0 Å². The molecule has 0 atom stereocenters. The molecule has 1 N–H and O–H groups in total. The molecule has 110 valence electrons. The number of nitrogens with zero attached hydrogens (tertiary/aromatic N) is 2. The molecule has 21 heavy (non-hydrogen) atoms. The topological polar surface area (TPSA) is 75.5 Å². The molecule has 2 rings (SSSR count). The SMILES string of the molecule is CC(=O)NCCN1C(=C[N+](=O)[O-])SC=C1c1ccccc1. The monoisotopic (exact) mass is 305 g/mol. The Hall–Kier alpha value is -2.28. The molecule has 1 aromatic carbocycles. The van der Waals surface area contributed by atoms with Gasteiger partial charge in [0.15, 0.2) is 5.03 Å². The number of rotatable bonds is 5. The number of nitrogens with one attached hydrogen (secondary N) is 1. The van der Waals surface area contributed by atoms with Crippen LogP contribution in [-0.2, 0) is 4.79 Å². The summed E-state index contributed by atoms with van der Waals surface area (Å²) in [5, 5.41) is 15.9. The molecule has 0 saturated carbocycles. The van der Waals surface area contributed by atoms with Crippen LogP contribution in [-0.4, -0.2) is 28.8 Å². The third-order valence-corrected chi connectivity index (χ3v) is 3.75. The van der Waals surface area contributed by atoms with Crippen LogP contribution in [0.1, 0.15) is 12.5 Å². The molecular weight excluding hydrogens is 290 g/mol. The summed E-state index contributed by atoms with van der Waals surface area (Å²) < 4.78 is 0. The van der Waals surface area contributed by atoms with Gasteiger partial charge in [0.2, 0.25) is 5.91 Å². The standard InChI is InChI=1S/C14H15N3O3S/c1-11(18)15-7-8-16-13(12-5-3-2-4-6-12)10-21-14(16)9-17(19)20/h2-6,9-10H,7-8H2,1H3,(H,15,18). The van der Waals surface area contributed by atoms with Crippen molar-refractivity contribution < 1.29 is 9.72 Å². The van der Waals surface area contributed by atoms with Gasteiger partial charge in [-0.25, -0.2) is 0 Å². The second kappa shape index (κ2) is 6.94. The number of carbonyl (C=O) groups is 1. The fourth-order valence-corrected chi connectivity index (χ4v) is 2.92. The Kier molecular flexibility index (Phi) is 4.99. The molecule has 7 heteroatoms. The largest absolute Gasteiger partial charge is 0.355 e. The van der Waals surface area contributed by atoms with E-state index in [0.717, 1.165) is 17.5 Å². The number of carbonyl (C=O) groups excluding carboxylic acids is 1. The first-order valence-electron chi connectivity index (χ1n) is 6.37. The van der Waals surface area contributed by atoms with E-state index in [-0.39, 0.29) is 5.91 Å². The zero-order valence-electron chi connectivity index (χ0n) is 11.5. The zero-order chi connectivity index (χ0) is 15.2. The summed E-state index contributed by atoms with van der Waals surface area (Å²) in [6, 6.07) is 9.66. The summed E-state index contributed by atoms with van der Waals surface area (Å²) in [6.45, 7) is 2.35. The van der Waals surface area contributed by atoms with Crippen molar-refractivity contribution in [3.8, 4) is 0 Å². The number of amides is 1. The lowest BCUT2D eigenvalue weighted by Gasteiger charge is -2.22. The molecule has 0 fully saturated rings. The van der Waals surface area contributed by atoms with Crippen molar-refractivity contribution in [1.29, 1.82) is 0 Å². The van der Waals surface area contributed by atoms with Crippen molar-refractivity contribution in [2.24, 2.45) is 0 Å². The van der Waals surface area contributed by atoms with Crippen LogP contribution in [0.15, 0.2) is 47.0 Å². The minimum absolute atomic E-state index is 0.119. The summed E-state index contributed by atoms with van der Waals surface area (Å²) in [5.41, 5.74) is 1.89. The number of thioether (sulfide) groups is 1. The van der Waals surface area contributed by atoms with Gasteiger partial charge >= 0.3 is 0 Å². The second-order valence-corrected chi connectivity index (χ2v) is 5.26. The summed E-state index contributed by atoms with van der Waals surface area (Å²) in [6.07, 6.45) is 0.991. The lowest BCUT2D eigenvalue weighted by atomic mass is 10.1. The highest BCUT2D eigenvalue weighted by Gasteiger charge is 2.24. The predicted molar refractivity (Wildman–Crippen MR) is 82.5 cm³/mol. The molecule has 0 radical (unpaired) electrons. The van der Waals surface area contributed by atoms with Gasteiger partial charge in [0.05, 0.1) is 10.6 Å². The van der Waals surface area contributed by atoms with Crippen molar-refractivity contribution in [1.82, 2.24) is 10.2 Å². The van der Waals surface area contributed by atoms with E-state index in [4.69, 9.17) is 0 Å². The lowest BCUT2D eigenvalue weighted by Crippen LogP contribution is -2.31. The fraction of sp³-hybridized carbons (Fsp3) is 0.214. The first-order chi connectivity index (χ1) is 10.1. The van der Waals surface area contributed by atoms with Gasteiger partial charge in [0, 0.05) is 25.4 Å². The molecule has 0 aromatic heterocycles. The highest BCUT2D eigenvalue weighted by atomic mass is 32.2. The van der Waals surface area contributed by atoms with Gasteiger partial charge < -0.3 is 10.2 Å². The molecule has 6 nitrogen and oxygen atoms in total. The Morgan fingerprint density at radius 1 is 1.43 bits per heavy atom. The summed E-state index contributed by atoms with van der Waals surface area (Å²) in [4.78, 5) is 23.1. The Balaban J connectivity index is 2.19. The van der Waals surface area contributed by atoms with E-state index < -0.39 is 4.92 Å². The van der Waals surface area contributed by atoms with Crippen LogP contribution < -0.4 is 5.32 Å². The number of nitro groups is 1. The fourth-order valence-electron chi connectivity index (χ4n) is 1.96. The second-order valence-electron chi connectivity index (χ2n) is 4.37. The van der Waals surface area contributed by atoms with Gasteiger partial charge in [-0.2, -0.15) is 0 Å². The molecular formula is C14H15N3O3S. The average molecular weight is 305 g/mol. The molecule has 0 bridgehead atoms. The lowest BCUT2D eigenvalue weighted by molar-refractivity contribution is -0.403. The molecule has 1 aliphatic rings. The Morgan fingerprint density at radius 2 is 2.14 bits per heavy atom. The van der Waals surface area contributed by atoms with E-state index in [9.17, 15) is 14.9 Å². The van der Waals surface area contributed by atoms with Crippen LogP contribution in [0.4, 0.5) is 0 Å². The maximum atomic E-state index is 11.0. The third-order valence-electron chi connectivity index (χ3n) is 2.84. The van der Waals surface area contributed by atoms with Crippen molar-refractivity contribution in [3.63, 3.8) is 0 Å². The first-order valence-corrected chi connectivity index (χ1v) is 7.25. The predicted octanol–water partition coefficient (Wildman–Crippen LogP) is 2.25. The first kappa shape index (κ1) is 15.1. The Labute approximate surface area is 126 Å². The van der Waals surface area contributed by atoms with E-state index in [1.54, 1.807) is 0 Å². The van der Waals surface area contributed by atoms with Crippen molar-refractivity contribution >= 4 is 23.4 Å². The normalized spacial score (nSPS) is 16.0. The summed E-state index contributed by atoms with van der Waals surface area (Å²) >= 11 is 1.31. The number of hydrogen-bond acceptors (Lipinski definition) is 5. The highest BCUT2D eigenvalue weighted by Crippen LogP contribution is 2.38. The number of benzene rings is 1. The van der Waals surface area contributed by atoms with E-state index in [1.807, 2.05) is 40.6 Å². The smallest absolute Gasteiger partial charge is 0.264 e. The van der Waals surface area contributed by atoms with E-state index in [2.05, 4.69) is 5.32 Å². The Morgan fingerprint density at radius 3 is 2.76 bits per heavy atom. The van der Waals surface area contributed by atoms with Gasteiger partial charge in [0.1, 0.15) is 0 Å². The van der Waals surface area contributed by atoms with Gasteiger partial charge in [-0.3, -0.25) is 14.9 Å². The minimum Gasteiger partial charge on any atom is -0.355 e. The van der Waals surface area contributed by atoms with Crippen LogP contribution in [0.2, 0.25) is 0 Å². The Bertz CT molecular complexity index is 599. The van der Waals surface area contributed by atoms with Crippen molar-refractivity contribution in [2.75, 3.05) is 13.1 Å². The molecule has 1 aliphatic heterocycles. The van der Waals surface area contributed by atoms with Crippen LogP contribution in [0.5, 0.6) is 0 Å². The maximum Gasteiger partial charge on any atom is 0.264 e. The maximum absolute atomic E-state index is 11.0. The molecule has 1 amide bonds. The molecule has 0 saturated heterocycles. The summed E-state index contributed by atoms with van der Waals surface area (Å²) in [7, 11) is 0.